The maximum atomic E-state index is 10.2. The van der Waals surface area contributed by atoms with Crippen molar-refractivity contribution in [3.8, 4) is 44.9 Å². The van der Waals surface area contributed by atoms with Crippen molar-refractivity contribution < 1.29 is 10.2 Å². The summed E-state index contributed by atoms with van der Waals surface area (Å²) in [5.74, 6) is 0.528. The first-order valence-electron chi connectivity index (χ1n) is 14.9. The summed E-state index contributed by atoms with van der Waals surface area (Å²) in [6.07, 6.45) is 0. The van der Waals surface area contributed by atoms with Crippen LogP contribution >= 0.6 is 22.7 Å². The molecule has 6 aromatic carbocycles. The highest BCUT2D eigenvalue weighted by atomic mass is 32.1. The summed E-state index contributed by atoms with van der Waals surface area (Å²) in [6, 6.07) is 42.5. The van der Waals surface area contributed by atoms with E-state index in [9.17, 15) is 10.2 Å². The highest BCUT2D eigenvalue weighted by molar-refractivity contribution is 7.08. The Balaban J connectivity index is 1.47. The van der Waals surface area contributed by atoms with Gasteiger partial charge in [-0.3, -0.25) is 0 Å². The van der Waals surface area contributed by atoms with Gasteiger partial charge in [0.2, 0.25) is 0 Å². The number of thiophene rings is 2. The Bertz CT molecular complexity index is 2230. The molecule has 1 aliphatic rings. The van der Waals surface area contributed by atoms with Gasteiger partial charge in [-0.2, -0.15) is 22.7 Å². The molecule has 0 atom stereocenters. The Labute approximate surface area is 268 Å². The van der Waals surface area contributed by atoms with Crippen LogP contribution in [0.1, 0.15) is 22.3 Å². The first kappa shape index (κ1) is 26.3. The van der Waals surface area contributed by atoms with Crippen molar-refractivity contribution in [3.63, 3.8) is 0 Å². The topological polar surface area (TPSA) is 40.5 Å². The van der Waals surface area contributed by atoms with Crippen molar-refractivity contribution in [1.29, 1.82) is 0 Å². The summed E-state index contributed by atoms with van der Waals surface area (Å²) in [5.41, 5.74) is 11.7. The van der Waals surface area contributed by atoms with Gasteiger partial charge in [-0.15, -0.1) is 0 Å². The zero-order valence-electron chi connectivity index (χ0n) is 24.1. The molecule has 4 heteroatoms. The van der Waals surface area contributed by atoms with Crippen LogP contribution in [0.2, 0.25) is 0 Å². The lowest BCUT2D eigenvalue weighted by Gasteiger charge is -2.34. The molecule has 0 saturated heterocycles. The van der Waals surface area contributed by atoms with Gasteiger partial charge in [-0.25, -0.2) is 0 Å². The number of rotatable bonds is 4. The number of hydrogen-bond donors (Lipinski definition) is 2. The summed E-state index contributed by atoms with van der Waals surface area (Å²) in [6.45, 7) is 0. The second-order valence-corrected chi connectivity index (χ2v) is 13.3. The van der Waals surface area contributed by atoms with Gasteiger partial charge in [0.15, 0.2) is 0 Å². The molecule has 1 aliphatic carbocycles. The molecule has 0 fully saturated rings. The lowest BCUT2D eigenvalue weighted by Crippen LogP contribution is -2.28. The van der Waals surface area contributed by atoms with E-state index in [1.807, 2.05) is 24.3 Å². The van der Waals surface area contributed by atoms with E-state index >= 15 is 0 Å². The number of fused-ring (bicyclic) bond motifs is 5. The third-order valence-electron chi connectivity index (χ3n) is 9.36. The van der Waals surface area contributed by atoms with Crippen molar-refractivity contribution in [2.24, 2.45) is 0 Å². The van der Waals surface area contributed by atoms with Crippen LogP contribution in [0.25, 0.3) is 54.9 Å². The maximum Gasteiger partial charge on any atom is 0.116 e. The maximum absolute atomic E-state index is 10.2. The van der Waals surface area contributed by atoms with Crippen LogP contribution in [0.5, 0.6) is 11.5 Å². The molecule has 2 heterocycles. The molecule has 9 rings (SSSR count). The molecule has 0 aliphatic heterocycles. The average molecular weight is 615 g/mol. The molecule has 8 aromatic rings. The number of hydrogen-bond acceptors (Lipinski definition) is 4. The number of phenolic OH excluding ortho intramolecular Hbond substituents is 2. The highest BCUT2D eigenvalue weighted by Gasteiger charge is 2.48. The van der Waals surface area contributed by atoms with E-state index in [-0.39, 0.29) is 11.5 Å². The second-order valence-electron chi connectivity index (χ2n) is 11.7. The smallest absolute Gasteiger partial charge is 0.116 e. The second kappa shape index (κ2) is 9.93. The Morgan fingerprint density at radius 2 is 0.889 bits per heavy atom. The van der Waals surface area contributed by atoms with Crippen molar-refractivity contribution in [2.45, 2.75) is 5.41 Å². The average Bonchev–Trinajstić information content (AvgIpc) is 3.85. The van der Waals surface area contributed by atoms with Gasteiger partial charge < -0.3 is 10.2 Å². The molecule has 0 spiro atoms. The molecule has 0 radical (unpaired) electrons. The van der Waals surface area contributed by atoms with E-state index in [0.717, 1.165) is 21.5 Å². The van der Waals surface area contributed by atoms with Gasteiger partial charge in [0, 0.05) is 0 Å². The van der Waals surface area contributed by atoms with E-state index < -0.39 is 5.41 Å². The van der Waals surface area contributed by atoms with Gasteiger partial charge in [0.05, 0.1) is 5.41 Å². The zero-order chi connectivity index (χ0) is 30.1. The fourth-order valence-electron chi connectivity index (χ4n) is 7.45. The van der Waals surface area contributed by atoms with Crippen LogP contribution in [-0.2, 0) is 5.41 Å². The molecule has 2 N–H and O–H groups in total. The molecule has 0 saturated carbocycles. The Morgan fingerprint density at radius 1 is 0.444 bits per heavy atom. The molecule has 2 nitrogen and oxygen atoms in total. The summed E-state index contributed by atoms with van der Waals surface area (Å²) in [5, 5.41) is 33.4. The van der Waals surface area contributed by atoms with Crippen LogP contribution in [0, 0.1) is 0 Å². The molecule has 45 heavy (non-hydrogen) atoms. The van der Waals surface area contributed by atoms with E-state index in [2.05, 4.69) is 106 Å². The van der Waals surface area contributed by atoms with E-state index in [1.54, 1.807) is 34.8 Å². The lowest BCUT2D eigenvalue weighted by molar-refractivity contribution is 0.475. The zero-order valence-corrected chi connectivity index (χ0v) is 25.7. The van der Waals surface area contributed by atoms with Crippen LogP contribution in [-0.4, -0.2) is 10.2 Å². The van der Waals surface area contributed by atoms with Gasteiger partial charge in [0.25, 0.3) is 0 Å². The molecule has 0 bridgehead atoms. The van der Waals surface area contributed by atoms with Crippen molar-refractivity contribution in [2.75, 3.05) is 0 Å². The summed E-state index contributed by atoms with van der Waals surface area (Å²) in [4.78, 5) is 0. The molecule has 0 unspecified atom stereocenters. The Morgan fingerprint density at radius 3 is 1.33 bits per heavy atom. The first-order chi connectivity index (χ1) is 22.1. The predicted octanol–water partition coefficient (Wildman–Crippen LogP) is 11.2. The minimum atomic E-state index is -0.624. The largest absolute Gasteiger partial charge is 0.508 e. The Hall–Kier alpha value is -5.16. The van der Waals surface area contributed by atoms with Crippen LogP contribution in [0.4, 0.5) is 0 Å². The summed E-state index contributed by atoms with van der Waals surface area (Å²) < 4.78 is 0. The normalized spacial score (nSPS) is 13.2. The predicted molar refractivity (Wildman–Crippen MR) is 189 cm³/mol. The SMILES string of the molecule is Oc1ccc2cc(C3(c4ccc5cc(O)ccc5c4)c4cccc(-c5ccsc5)c4-c4c(-c5ccsc5)cccc43)ccc2c1. The molecular formula is C41H26O2S2. The van der Waals surface area contributed by atoms with E-state index in [1.165, 1.54) is 55.6 Å². The van der Waals surface area contributed by atoms with Crippen molar-refractivity contribution in [1.82, 2.24) is 0 Å². The third kappa shape index (κ3) is 3.86. The van der Waals surface area contributed by atoms with Gasteiger partial charge >= 0.3 is 0 Å². The lowest BCUT2D eigenvalue weighted by atomic mass is 9.67. The fourth-order valence-corrected chi connectivity index (χ4v) is 8.76. The van der Waals surface area contributed by atoms with Crippen LogP contribution in [0.15, 0.2) is 143 Å². The molecule has 214 valence electrons. The summed E-state index contributed by atoms with van der Waals surface area (Å²) in [7, 11) is 0. The minimum absolute atomic E-state index is 0.264. The number of benzene rings is 6. The molecule has 0 amide bonds. The number of aromatic hydroxyl groups is 2. The standard InChI is InChI=1S/C41H26O2S2/c42-33-13-9-25-19-31(11-7-27(25)21-33)41(32-12-8-28-22-34(43)14-10-26(28)20-32)37-5-1-3-35(29-15-17-44-23-29)39(37)40-36(4-2-6-38(40)41)30-16-18-45-24-30/h1-24,42-43H. The molecule has 2 aromatic heterocycles. The monoisotopic (exact) mass is 614 g/mol. The highest BCUT2D eigenvalue weighted by Crippen LogP contribution is 2.61. The summed E-state index contributed by atoms with van der Waals surface area (Å²) >= 11 is 3.44. The van der Waals surface area contributed by atoms with Crippen LogP contribution < -0.4 is 0 Å². The quantitative estimate of drug-likeness (QED) is 0.207. The van der Waals surface area contributed by atoms with Crippen LogP contribution in [0.3, 0.4) is 0 Å². The first-order valence-corrected chi connectivity index (χ1v) is 16.8. The minimum Gasteiger partial charge on any atom is -0.508 e. The van der Waals surface area contributed by atoms with Crippen molar-refractivity contribution >= 4 is 44.2 Å². The van der Waals surface area contributed by atoms with E-state index in [4.69, 9.17) is 0 Å². The fraction of sp³-hybridized carbons (Fsp3) is 0.0244. The molecular weight excluding hydrogens is 589 g/mol. The van der Waals surface area contributed by atoms with Crippen molar-refractivity contribution in [3.05, 3.63) is 165 Å². The van der Waals surface area contributed by atoms with Gasteiger partial charge in [-0.05, 0) is 147 Å². The van der Waals surface area contributed by atoms with Gasteiger partial charge in [0.1, 0.15) is 11.5 Å². The number of phenols is 2. The third-order valence-corrected chi connectivity index (χ3v) is 10.7. The Kier molecular flexibility index (Phi) is 5.79. The van der Waals surface area contributed by atoms with E-state index in [0.29, 0.717) is 0 Å². The van der Waals surface area contributed by atoms with Gasteiger partial charge in [-0.1, -0.05) is 72.8 Å².